The van der Waals surface area contributed by atoms with Gasteiger partial charge in [-0.15, -0.1) is 0 Å². The van der Waals surface area contributed by atoms with Gasteiger partial charge in [0.05, 0.1) is 0 Å². The maximum Gasteiger partial charge on any atom is 0.306 e. The Morgan fingerprint density at radius 3 is 0.890 bits per heavy atom. The van der Waals surface area contributed by atoms with Gasteiger partial charge in [0.15, 0.2) is 6.10 Å². The Bertz CT molecular complexity index is 1770. The second-order valence-electron chi connectivity index (χ2n) is 17.7. The van der Waals surface area contributed by atoms with Gasteiger partial charge in [0.1, 0.15) is 13.2 Å². The zero-order valence-corrected chi connectivity index (χ0v) is 46.1. The number of carbonyl (C=O) groups is 3. The summed E-state index contributed by atoms with van der Waals surface area (Å²) in [6.07, 6.45) is 89.0. The molecule has 0 aliphatic rings. The molecule has 0 saturated heterocycles. The van der Waals surface area contributed by atoms with E-state index in [0.29, 0.717) is 12.8 Å². The third-order valence-electron chi connectivity index (χ3n) is 10.9. The van der Waals surface area contributed by atoms with Crippen LogP contribution in [0.4, 0.5) is 0 Å². The fourth-order valence-electron chi connectivity index (χ4n) is 6.79. The molecule has 0 aromatic heterocycles. The van der Waals surface area contributed by atoms with Crippen molar-refractivity contribution in [3.8, 4) is 0 Å². The van der Waals surface area contributed by atoms with Crippen LogP contribution < -0.4 is 0 Å². The van der Waals surface area contributed by atoms with E-state index in [1.165, 1.54) is 12.8 Å². The lowest BCUT2D eigenvalue weighted by Gasteiger charge is -2.18. The predicted molar refractivity (Wildman–Crippen MR) is 315 cm³/mol. The van der Waals surface area contributed by atoms with E-state index in [1.807, 2.05) is 12.2 Å². The number of rotatable bonds is 48. The van der Waals surface area contributed by atoms with Crippen molar-refractivity contribution in [3.63, 3.8) is 0 Å². The van der Waals surface area contributed by atoms with E-state index in [1.54, 1.807) is 0 Å². The molecule has 6 heteroatoms. The molecule has 73 heavy (non-hydrogen) atoms. The van der Waals surface area contributed by atoms with Crippen molar-refractivity contribution in [1.29, 1.82) is 0 Å². The lowest BCUT2D eigenvalue weighted by Crippen LogP contribution is -2.30. The van der Waals surface area contributed by atoms with Gasteiger partial charge in [0.2, 0.25) is 0 Å². The van der Waals surface area contributed by atoms with Crippen LogP contribution in [0.15, 0.2) is 182 Å². The van der Waals surface area contributed by atoms with Crippen LogP contribution in [0.2, 0.25) is 0 Å². The van der Waals surface area contributed by atoms with Crippen LogP contribution in [0, 0.1) is 0 Å². The number of esters is 3. The largest absolute Gasteiger partial charge is 0.462 e. The van der Waals surface area contributed by atoms with Gasteiger partial charge in [-0.05, 0) is 135 Å². The lowest BCUT2D eigenvalue weighted by molar-refractivity contribution is -0.166. The number of unbranched alkanes of at least 4 members (excludes halogenated alkanes) is 7. The SMILES string of the molecule is CC/C=C\C/C=C\C/C=C\C/C=C\C/C=C\C/C=C\C/C=C\CCCC(=O)OCC(COC(=O)CC/C=C\C/C=C\C/C=C\C/C=C\CC)OC(=O)CCCCCCCC/C=C\C/C=C\C/C=C\C/C=C\CC. The number of allylic oxidation sites excluding steroid dienone is 30. The van der Waals surface area contributed by atoms with Gasteiger partial charge in [-0.1, -0.05) is 229 Å². The summed E-state index contributed by atoms with van der Waals surface area (Å²) in [5.41, 5.74) is 0. The molecular formula is C67H100O6. The van der Waals surface area contributed by atoms with Crippen molar-refractivity contribution in [1.82, 2.24) is 0 Å². The van der Waals surface area contributed by atoms with E-state index in [9.17, 15) is 14.4 Å². The molecule has 0 aliphatic heterocycles. The maximum atomic E-state index is 12.9. The summed E-state index contributed by atoms with van der Waals surface area (Å²) in [4.78, 5) is 38.1. The highest BCUT2D eigenvalue weighted by Crippen LogP contribution is 2.12. The molecule has 0 bridgehead atoms. The van der Waals surface area contributed by atoms with Gasteiger partial charge in [-0.2, -0.15) is 0 Å². The predicted octanol–water partition coefficient (Wildman–Crippen LogP) is 19.3. The minimum absolute atomic E-state index is 0.146. The molecule has 1 unspecified atom stereocenters. The van der Waals surface area contributed by atoms with Crippen LogP contribution in [0.5, 0.6) is 0 Å². The van der Waals surface area contributed by atoms with Crippen molar-refractivity contribution in [2.24, 2.45) is 0 Å². The van der Waals surface area contributed by atoms with E-state index < -0.39 is 6.10 Å². The quantitative estimate of drug-likeness (QED) is 0.0262. The number of hydrogen-bond acceptors (Lipinski definition) is 6. The average molecular weight is 1000 g/mol. The van der Waals surface area contributed by atoms with Crippen LogP contribution >= 0.6 is 0 Å². The molecule has 0 aromatic rings. The van der Waals surface area contributed by atoms with Crippen molar-refractivity contribution < 1.29 is 28.6 Å². The highest BCUT2D eigenvalue weighted by atomic mass is 16.6. The Balaban J connectivity index is 4.60. The van der Waals surface area contributed by atoms with E-state index >= 15 is 0 Å². The number of hydrogen-bond donors (Lipinski definition) is 0. The summed E-state index contributed by atoms with van der Waals surface area (Å²) in [6.45, 7) is 6.14. The molecule has 0 spiro atoms. The van der Waals surface area contributed by atoms with Crippen LogP contribution in [-0.4, -0.2) is 37.2 Å². The van der Waals surface area contributed by atoms with Gasteiger partial charge in [-0.25, -0.2) is 0 Å². The normalized spacial score (nSPS) is 13.5. The summed E-state index contributed by atoms with van der Waals surface area (Å²) in [6, 6.07) is 0. The van der Waals surface area contributed by atoms with Gasteiger partial charge >= 0.3 is 17.9 Å². The zero-order valence-electron chi connectivity index (χ0n) is 46.1. The highest BCUT2D eigenvalue weighted by molar-refractivity contribution is 5.71. The molecule has 6 nitrogen and oxygen atoms in total. The Labute approximate surface area is 446 Å². The minimum atomic E-state index is -0.850. The molecule has 0 radical (unpaired) electrons. The van der Waals surface area contributed by atoms with E-state index in [2.05, 4.69) is 191 Å². The summed E-state index contributed by atoms with van der Waals surface area (Å²) >= 11 is 0. The van der Waals surface area contributed by atoms with E-state index in [4.69, 9.17) is 14.2 Å². The Kier molecular flexibility index (Phi) is 54.6. The fourth-order valence-corrected chi connectivity index (χ4v) is 6.79. The number of carbonyl (C=O) groups excluding carboxylic acids is 3. The first kappa shape index (κ1) is 67.5. The third kappa shape index (κ3) is 57.3. The minimum Gasteiger partial charge on any atom is -0.462 e. The molecule has 404 valence electrons. The molecule has 0 aromatic carbocycles. The van der Waals surface area contributed by atoms with Crippen LogP contribution in [0.3, 0.4) is 0 Å². The highest BCUT2D eigenvalue weighted by Gasteiger charge is 2.19. The average Bonchev–Trinajstić information content (AvgIpc) is 3.39. The summed E-state index contributed by atoms with van der Waals surface area (Å²) in [5, 5.41) is 0. The van der Waals surface area contributed by atoms with Crippen LogP contribution in [-0.2, 0) is 28.6 Å². The van der Waals surface area contributed by atoms with Crippen molar-refractivity contribution in [2.75, 3.05) is 13.2 Å². The first-order valence-corrected chi connectivity index (χ1v) is 28.3. The van der Waals surface area contributed by atoms with Crippen molar-refractivity contribution in [3.05, 3.63) is 182 Å². The maximum absolute atomic E-state index is 12.9. The lowest BCUT2D eigenvalue weighted by atomic mass is 10.1. The van der Waals surface area contributed by atoms with Gasteiger partial charge in [-0.3, -0.25) is 14.4 Å². The summed E-state index contributed by atoms with van der Waals surface area (Å²) in [7, 11) is 0. The molecule has 0 aliphatic carbocycles. The van der Waals surface area contributed by atoms with Gasteiger partial charge in [0.25, 0.3) is 0 Å². The molecule has 0 N–H and O–H groups in total. The topological polar surface area (TPSA) is 78.9 Å². The van der Waals surface area contributed by atoms with Gasteiger partial charge < -0.3 is 14.2 Å². The van der Waals surface area contributed by atoms with Gasteiger partial charge in [0, 0.05) is 19.3 Å². The molecule has 0 heterocycles. The first-order chi connectivity index (χ1) is 36.0. The zero-order chi connectivity index (χ0) is 52.9. The van der Waals surface area contributed by atoms with Crippen LogP contribution in [0.1, 0.15) is 201 Å². The summed E-state index contributed by atoms with van der Waals surface area (Å²) < 4.78 is 16.7. The molecule has 0 fully saturated rings. The van der Waals surface area contributed by atoms with Crippen molar-refractivity contribution >= 4 is 17.9 Å². The molecule has 0 rings (SSSR count). The second kappa shape index (κ2) is 59.1. The Hall–Kier alpha value is -5.49. The number of ether oxygens (including phenoxy) is 3. The smallest absolute Gasteiger partial charge is 0.306 e. The molecular weight excluding hydrogens is 901 g/mol. The van der Waals surface area contributed by atoms with E-state index in [0.717, 1.165) is 135 Å². The third-order valence-corrected chi connectivity index (χ3v) is 10.9. The van der Waals surface area contributed by atoms with Crippen LogP contribution in [0.25, 0.3) is 0 Å². The Morgan fingerprint density at radius 1 is 0.274 bits per heavy atom. The Morgan fingerprint density at radius 2 is 0.534 bits per heavy atom. The molecule has 1 atom stereocenters. The molecule has 0 amide bonds. The van der Waals surface area contributed by atoms with E-state index in [-0.39, 0.29) is 50.4 Å². The monoisotopic (exact) mass is 1000 g/mol. The standard InChI is InChI=1S/C67H100O6/c1-4-7-10-13-16-19-22-25-27-29-31-32-33-34-36-37-39-42-45-48-51-54-57-60-66(69)72-63-64(62-71-65(68)59-56-53-50-47-44-41-24-21-18-15-12-9-6-3)73-67(70)61-58-55-52-49-46-43-40-38-35-30-28-26-23-20-17-14-11-8-5-2/h7-12,16-21,25-28,31-32,34-36,38-39,41-42,44,48,50-51,53,64H,4-6,13-15,22-24,29-30,33,37,40,43,45-47,49,52,54-63H2,1-3H3/b10-7-,11-8-,12-9-,19-16-,20-17-,21-18-,27-25-,28-26-,32-31-,36-34-,38-35-,42-39-,44-41-,51-48-,53-50-. The second-order valence-corrected chi connectivity index (χ2v) is 17.7. The summed E-state index contributed by atoms with van der Waals surface area (Å²) in [5.74, 6) is -1.11. The first-order valence-electron chi connectivity index (χ1n) is 28.3. The fraction of sp³-hybridized carbons (Fsp3) is 0.507. The van der Waals surface area contributed by atoms with Crippen molar-refractivity contribution in [2.45, 2.75) is 207 Å². The molecule has 0 saturated carbocycles.